The molecule has 2 amide bonds. The molecule has 1 fully saturated rings. The number of guanidine groups is 1. The molecule has 0 radical (unpaired) electrons. The van der Waals surface area contributed by atoms with Gasteiger partial charge in [-0.15, -0.1) is 24.0 Å². The van der Waals surface area contributed by atoms with E-state index >= 15 is 0 Å². The molecule has 7 nitrogen and oxygen atoms in total. The van der Waals surface area contributed by atoms with Crippen molar-refractivity contribution in [2.24, 2.45) is 4.99 Å². The molecule has 0 spiro atoms. The van der Waals surface area contributed by atoms with Crippen LogP contribution in [0.5, 0.6) is 0 Å². The molecular formula is C20H32IN5O2. The van der Waals surface area contributed by atoms with Crippen molar-refractivity contribution in [3.05, 3.63) is 35.9 Å². The lowest BCUT2D eigenvalue weighted by molar-refractivity contribution is -0.127. The monoisotopic (exact) mass is 501 g/mol. The third-order valence-corrected chi connectivity index (χ3v) is 4.34. The lowest BCUT2D eigenvalue weighted by Gasteiger charge is -2.15. The highest BCUT2D eigenvalue weighted by atomic mass is 127. The standard InChI is InChI=1S/C20H31N5O2.HI/c1-2-21-20(24-14-8-16-25-15-6-11-18(25)26)23-13-7-12-22-19(27)17-9-4-3-5-10-17;/h3-5,9-10H,2,6-8,11-16H2,1H3,(H,22,27)(H2,21,23,24);1H. The summed E-state index contributed by atoms with van der Waals surface area (Å²) >= 11 is 0. The van der Waals surface area contributed by atoms with Crippen LogP contribution in [0.15, 0.2) is 35.3 Å². The molecule has 1 aromatic carbocycles. The van der Waals surface area contributed by atoms with Crippen molar-refractivity contribution in [1.82, 2.24) is 20.9 Å². The van der Waals surface area contributed by atoms with E-state index in [9.17, 15) is 9.59 Å². The van der Waals surface area contributed by atoms with E-state index in [0.717, 1.165) is 51.4 Å². The molecule has 1 aliphatic heterocycles. The molecule has 156 valence electrons. The quantitative estimate of drug-likeness (QED) is 0.198. The van der Waals surface area contributed by atoms with Gasteiger partial charge in [-0.25, -0.2) is 0 Å². The highest BCUT2D eigenvalue weighted by molar-refractivity contribution is 14.0. The molecule has 0 atom stereocenters. The number of nitrogens with one attached hydrogen (secondary N) is 3. The lowest BCUT2D eigenvalue weighted by Crippen LogP contribution is -2.39. The van der Waals surface area contributed by atoms with Crippen molar-refractivity contribution in [1.29, 1.82) is 0 Å². The fourth-order valence-electron chi connectivity index (χ4n) is 2.92. The Morgan fingerprint density at radius 1 is 1.11 bits per heavy atom. The molecule has 1 aliphatic rings. The number of hydrogen-bond donors (Lipinski definition) is 3. The second-order valence-electron chi connectivity index (χ2n) is 6.50. The summed E-state index contributed by atoms with van der Waals surface area (Å²) in [7, 11) is 0. The maximum atomic E-state index is 12.0. The van der Waals surface area contributed by atoms with Crippen LogP contribution >= 0.6 is 24.0 Å². The zero-order valence-corrected chi connectivity index (χ0v) is 18.9. The van der Waals surface area contributed by atoms with Crippen LogP contribution < -0.4 is 16.0 Å². The van der Waals surface area contributed by atoms with Crippen LogP contribution in [-0.4, -0.2) is 61.9 Å². The summed E-state index contributed by atoms with van der Waals surface area (Å²) in [5.74, 6) is 0.994. The number of hydrogen-bond acceptors (Lipinski definition) is 3. The average Bonchev–Trinajstić information content (AvgIpc) is 3.10. The molecular weight excluding hydrogens is 469 g/mol. The van der Waals surface area contributed by atoms with Crippen LogP contribution in [0.3, 0.4) is 0 Å². The Morgan fingerprint density at radius 3 is 2.54 bits per heavy atom. The van der Waals surface area contributed by atoms with Gasteiger partial charge in [0.2, 0.25) is 5.91 Å². The molecule has 1 saturated heterocycles. The lowest BCUT2D eigenvalue weighted by atomic mass is 10.2. The molecule has 0 aliphatic carbocycles. The van der Waals surface area contributed by atoms with Crippen LogP contribution in [0.1, 0.15) is 43.0 Å². The van der Waals surface area contributed by atoms with E-state index in [1.165, 1.54) is 0 Å². The van der Waals surface area contributed by atoms with Gasteiger partial charge in [-0.1, -0.05) is 18.2 Å². The zero-order chi connectivity index (χ0) is 19.3. The summed E-state index contributed by atoms with van der Waals surface area (Å²) in [5.41, 5.74) is 0.678. The first kappa shape index (κ1) is 24.2. The first-order valence-corrected chi connectivity index (χ1v) is 9.84. The second kappa shape index (κ2) is 14.2. The predicted molar refractivity (Wildman–Crippen MR) is 123 cm³/mol. The molecule has 0 aromatic heterocycles. The fourth-order valence-corrected chi connectivity index (χ4v) is 2.92. The van der Waals surface area contributed by atoms with Gasteiger partial charge in [-0.05, 0) is 38.3 Å². The van der Waals surface area contributed by atoms with Gasteiger partial charge < -0.3 is 20.9 Å². The second-order valence-corrected chi connectivity index (χ2v) is 6.50. The molecule has 8 heteroatoms. The van der Waals surface area contributed by atoms with Gasteiger partial charge in [-0.2, -0.15) is 0 Å². The van der Waals surface area contributed by atoms with Crippen LogP contribution in [-0.2, 0) is 4.79 Å². The van der Waals surface area contributed by atoms with Crippen LogP contribution in [0.25, 0.3) is 0 Å². The summed E-state index contributed by atoms with van der Waals surface area (Å²) < 4.78 is 0. The van der Waals surface area contributed by atoms with Gasteiger partial charge in [0.15, 0.2) is 5.96 Å². The summed E-state index contributed by atoms with van der Waals surface area (Å²) in [5, 5.41) is 9.41. The minimum Gasteiger partial charge on any atom is -0.357 e. The Kier molecular flexibility index (Phi) is 12.3. The minimum absolute atomic E-state index is 0. The predicted octanol–water partition coefficient (Wildman–Crippen LogP) is 1.99. The van der Waals surface area contributed by atoms with Crippen molar-refractivity contribution in [3.8, 4) is 0 Å². The highest BCUT2D eigenvalue weighted by Gasteiger charge is 2.18. The Bertz CT molecular complexity index is 624. The van der Waals surface area contributed by atoms with E-state index in [1.807, 2.05) is 30.0 Å². The molecule has 0 unspecified atom stereocenters. The van der Waals surface area contributed by atoms with Crippen LogP contribution in [0, 0.1) is 0 Å². The number of halogens is 1. The summed E-state index contributed by atoms with van der Waals surface area (Å²) in [4.78, 5) is 30.0. The van der Waals surface area contributed by atoms with E-state index < -0.39 is 0 Å². The Hall–Kier alpha value is -1.84. The normalized spacial score (nSPS) is 13.8. The number of aliphatic imine (C=N–C) groups is 1. The van der Waals surface area contributed by atoms with Gasteiger partial charge >= 0.3 is 0 Å². The number of likely N-dealkylation sites (tertiary alicyclic amines) is 1. The Morgan fingerprint density at radius 2 is 1.86 bits per heavy atom. The first-order chi connectivity index (χ1) is 13.2. The number of nitrogens with zero attached hydrogens (tertiary/aromatic N) is 2. The van der Waals surface area contributed by atoms with E-state index in [1.54, 1.807) is 12.1 Å². The molecule has 0 bridgehead atoms. The van der Waals surface area contributed by atoms with Crippen molar-refractivity contribution in [3.63, 3.8) is 0 Å². The van der Waals surface area contributed by atoms with E-state index in [2.05, 4.69) is 20.9 Å². The van der Waals surface area contributed by atoms with Gasteiger partial charge in [0.25, 0.3) is 5.91 Å². The number of rotatable bonds is 10. The molecule has 1 aromatic rings. The average molecular weight is 501 g/mol. The molecule has 3 N–H and O–H groups in total. The first-order valence-electron chi connectivity index (χ1n) is 9.84. The van der Waals surface area contributed by atoms with Gasteiger partial charge in [-0.3, -0.25) is 14.6 Å². The fraction of sp³-hybridized carbons (Fsp3) is 0.550. The maximum Gasteiger partial charge on any atom is 0.251 e. The Balaban J connectivity index is 0.00000392. The van der Waals surface area contributed by atoms with Crippen LogP contribution in [0.4, 0.5) is 0 Å². The summed E-state index contributed by atoms with van der Waals surface area (Å²) in [6.45, 7) is 6.51. The number of amides is 2. The zero-order valence-electron chi connectivity index (χ0n) is 16.6. The molecule has 0 saturated carbocycles. The van der Waals surface area contributed by atoms with Crippen molar-refractivity contribution < 1.29 is 9.59 Å². The highest BCUT2D eigenvalue weighted by Crippen LogP contribution is 2.09. The molecule has 1 heterocycles. The minimum atomic E-state index is -0.0485. The summed E-state index contributed by atoms with van der Waals surface area (Å²) in [6.07, 6.45) is 3.35. The molecule has 28 heavy (non-hydrogen) atoms. The third-order valence-electron chi connectivity index (χ3n) is 4.34. The topological polar surface area (TPSA) is 85.8 Å². The SMILES string of the molecule is CCNC(=NCCCN1CCCC1=O)NCCCNC(=O)c1ccccc1.I. The summed E-state index contributed by atoms with van der Waals surface area (Å²) in [6, 6.07) is 9.22. The van der Waals surface area contributed by atoms with Crippen LogP contribution in [0.2, 0.25) is 0 Å². The van der Waals surface area contributed by atoms with Crippen molar-refractivity contribution in [2.75, 3.05) is 39.3 Å². The number of benzene rings is 1. The maximum absolute atomic E-state index is 12.0. The van der Waals surface area contributed by atoms with Crippen molar-refractivity contribution in [2.45, 2.75) is 32.6 Å². The van der Waals surface area contributed by atoms with Gasteiger partial charge in [0.1, 0.15) is 0 Å². The smallest absolute Gasteiger partial charge is 0.251 e. The van der Waals surface area contributed by atoms with E-state index in [0.29, 0.717) is 25.1 Å². The third kappa shape index (κ3) is 8.90. The molecule has 2 rings (SSSR count). The van der Waals surface area contributed by atoms with Gasteiger partial charge in [0.05, 0.1) is 0 Å². The van der Waals surface area contributed by atoms with E-state index in [4.69, 9.17) is 0 Å². The number of carbonyl (C=O) groups excluding carboxylic acids is 2. The Labute approximate surface area is 184 Å². The van der Waals surface area contributed by atoms with Gasteiger partial charge in [0, 0.05) is 51.3 Å². The number of carbonyl (C=O) groups is 2. The van der Waals surface area contributed by atoms with Crippen molar-refractivity contribution >= 4 is 41.8 Å². The largest absolute Gasteiger partial charge is 0.357 e. The van der Waals surface area contributed by atoms with E-state index in [-0.39, 0.29) is 35.8 Å².